The molecule has 1 aliphatic rings. The smallest absolute Gasteiger partial charge is 0.246 e. The SMILES string of the molecule is CN1CCC(Oc2n[nH]c3nccc(Oc4ccccc4F)c23)CC1. The number of likely N-dealkylation sites (tertiary alicyclic amines) is 1. The number of nitrogens with zero attached hydrogens (tertiary/aromatic N) is 3. The summed E-state index contributed by atoms with van der Waals surface area (Å²) in [5.41, 5.74) is 0.553. The Bertz CT molecular complexity index is 874. The number of H-pyrrole nitrogens is 1. The number of rotatable bonds is 4. The third-order valence-corrected chi connectivity index (χ3v) is 4.39. The number of hydrogen-bond donors (Lipinski definition) is 1. The van der Waals surface area contributed by atoms with E-state index < -0.39 is 5.82 Å². The van der Waals surface area contributed by atoms with Crippen LogP contribution in [0.2, 0.25) is 0 Å². The van der Waals surface area contributed by atoms with E-state index in [0.717, 1.165) is 25.9 Å². The van der Waals surface area contributed by atoms with E-state index in [1.807, 2.05) is 0 Å². The van der Waals surface area contributed by atoms with Crippen LogP contribution in [0, 0.1) is 5.82 Å². The van der Waals surface area contributed by atoms with Crippen molar-refractivity contribution in [2.75, 3.05) is 20.1 Å². The normalized spacial score (nSPS) is 16.2. The van der Waals surface area contributed by atoms with Gasteiger partial charge in [0.1, 0.15) is 17.2 Å². The first-order chi connectivity index (χ1) is 12.2. The van der Waals surface area contributed by atoms with Crippen molar-refractivity contribution < 1.29 is 13.9 Å². The van der Waals surface area contributed by atoms with Gasteiger partial charge in [-0.05, 0) is 32.0 Å². The number of nitrogens with one attached hydrogen (secondary N) is 1. The van der Waals surface area contributed by atoms with Gasteiger partial charge in [-0.25, -0.2) is 9.37 Å². The molecule has 1 saturated heterocycles. The zero-order valence-electron chi connectivity index (χ0n) is 13.9. The van der Waals surface area contributed by atoms with E-state index in [0.29, 0.717) is 22.7 Å². The molecule has 0 unspecified atom stereocenters. The van der Waals surface area contributed by atoms with Crippen molar-refractivity contribution in [1.82, 2.24) is 20.1 Å². The molecule has 0 atom stereocenters. The third kappa shape index (κ3) is 3.28. The highest BCUT2D eigenvalue weighted by molar-refractivity contribution is 5.87. The van der Waals surface area contributed by atoms with Gasteiger partial charge in [0.15, 0.2) is 17.2 Å². The van der Waals surface area contributed by atoms with Gasteiger partial charge in [0.05, 0.1) is 0 Å². The first-order valence-electron chi connectivity index (χ1n) is 8.31. The van der Waals surface area contributed by atoms with Gasteiger partial charge in [0.25, 0.3) is 0 Å². The molecule has 0 amide bonds. The van der Waals surface area contributed by atoms with Crippen LogP contribution in [0.1, 0.15) is 12.8 Å². The molecule has 6 nitrogen and oxygen atoms in total. The molecule has 1 N–H and O–H groups in total. The summed E-state index contributed by atoms with van der Waals surface area (Å²) in [4.78, 5) is 6.53. The van der Waals surface area contributed by atoms with Crippen LogP contribution in [0.25, 0.3) is 11.0 Å². The summed E-state index contributed by atoms with van der Waals surface area (Å²) >= 11 is 0. The molecule has 4 rings (SSSR count). The van der Waals surface area contributed by atoms with Crippen molar-refractivity contribution in [1.29, 1.82) is 0 Å². The lowest BCUT2D eigenvalue weighted by molar-refractivity contribution is 0.111. The molecule has 0 spiro atoms. The number of halogens is 1. The average molecular weight is 342 g/mol. The fourth-order valence-corrected chi connectivity index (χ4v) is 2.97. The van der Waals surface area contributed by atoms with Crippen molar-refractivity contribution in [3.63, 3.8) is 0 Å². The van der Waals surface area contributed by atoms with Crippen molar-refractivity contribution in [3.8, 4) is 17.4 Å². The van der Waals surface area contributed by atoms with Crippen molar-refractivity contribution >= 4 is 11.0 Å². The molecule has 130 valence electrons. The molecule has 25 heavy (non-hydrogen) atoms. The maximum Gasteiger partial charge on any atom is 0.246 e. The molecule has 0 bridgehead atoms. The highest BCUT2D eigenvalue weighted by Crippen LogP contribution is 2.35. The van der Waals surface area contributed by atoms with Gasteiger partial charge < -0.3 is 14.4 Å². The van der Waals surface area contributed by atoms with Crippen LogP contribution in [0.4, 0.5) is 4.39 Å². The summed E-state index contributed by atoms with van der Waals surface area (Å²) in [6.07, 6.45) is 3.57. The number of para-hydroxylation sites is 1. The zero-order valence-corrected chi connectivity index (χ0v) is 13.9. The molecule has 0 aliphatic carbocycles. The standard InChI is InChI=1S/C18H19FN4O2/c1-23-10-7-12(8-11-23)24-18-16-15(6-9-20-17(16)21-22-18)25-14-5-3-2-4-13(14)19/h2-6,9,12H,7-8,10-11H2,1H3,(H,20,21,22). The molecule has 1 fully saturated rings. The van der Waals surface area contributed by atoms with Gasteiger partial charge in [-0.15, -0.1) is 5.10 Å². The van der Waals surface area contributed by atoms with Crippen molar-refractivity contribution in [2.45, 2.75) is 18.9 Å². The van der Waals surface area contributed by atoms with Crippen LogP contribution < -0.4 is 9.47 Å². The Morgan fingerprint density at radius 1 is 1.16 bits per heavy atom. The minimum Gasteiger partial charge on any atom is -0.473 e. The zero-order chi connectivity index (χ0) is 17.2. The molecular weight excluding hydrogens is 323 g/mol. The summed E-state index contributed by atoms with van der Waals surface area (Å²) in [5, 5.41) is 7.72. The van der Waals surface area contributed by atoms with Crippen molar-refractivity contribution in [3.05, 3.63) is 42.3 Å². The molecule has 3 aromatic rings. The molecule has 0 radical (unpaired) electrons. The van der Waals surface area contributed by atoms with Crippen LogP contribution >= 0.6 is 0 Å². The van der Waals surface area contributed by atoms with Gasteiger partial charge in [-0.1, -0.05) is 12.1 Å². The van der Waals surface area contributed by atoms with Crippen LogP contribution in [0.3, 0.4) is 0 Å². The Labute approximate surface area is 144 Å². The first-order valence-corrected chi connectivity index (χ1v) is 8.31. The molecule has 7 heteroatoms. The Morgan fingerprint density at radius 2 is 1.96 bits per heavy atom. The van der Waals surface area contributed by atoms with Gasteiger partial charge in [-0.3, -0.25) is 5.10 Å². The number of piperidine rings is 1. The summed E-state index contributed by atoms with van der Waals surface area (Å²) in [5.74, 6) is 0.644. The van der Waals surface area contributed by atoms with Gasteiger partial charge in [0.2, 0.25) is 5.88 Å². The van der Waals surface area contributed by atoms with E-state index in [4.69, 9.17) is 9.47 Å². The number of benzene rings is 1. The minimum absolute atomic E-state index is 0.101. The summed E-state index contributed by atoms with van der Waals surface area (Å²) < 4.78 is 25.8. The molecular formula is C18H19FN4O2. The van der Waals surface area contributed by atoms with E-state index in [9.17, 15) is 4.39 Å². The van der Waals surface area contributed by atoms with Crippen LogP contribution in [-0.2, 0) is 0 Å². The number of aromatic amines is 1. The van der Waals surface area contributed by atoms with Crippen LogP contribution in [-0.4, -0.2) is 46.3 Å². The predicted molar refractivity (Wildman–Crippen MR) is 91.5 cm³/mol. The molecule has 1 aromatic carbocycles. The van der Waals surface area contributed by atoms with Crippen LogP contribution in [0.5, 0.6) is 17.4 Å². The molecule has 2 aromatic heterocycles. The lowest BCUT2D eigenvalue weighted by Gasteiger charge is -2.28. The fourth-order valence-electron chi connectivity index (χ4n) is 2.97. The number of aromatic nitrogens is 3. The number of ether oxygens (including phenoxy) is 2. The maximum atomic E-state index is 13.9. The summed E-state index contributed by atoms with van der Waals surface area (Å²) in [6.45, 7) is 1.98. The second-order valence-corrected chi connectivity index (χ2v) is 6.21. The summed E-state index contributed by atoms with van der Waals surface area (Å²) in [6, 6.07) is 7.98. The van der Waals surface area contributed by atoms with E-state index in [1.54, 1.807) is 30.5 Å². The highest BCUT2D eigenvalue weighted by atomic mass is 19.1. The predicted octanol–water partition coefficient (Wildman–Crippen LogP) is 3.36. The summed E-state index contributed by atoms with van der Waals surface area (Å²) in [7, 11) is 2.10. The first kappa shape index (κ1) is 15.8. The van der Waals surface area contributed by atoms with E-state index in [1.165, 1.54) is 6.07 Å². The maximum absolute atomic E-state index is 13.9. The molecule has 1 aliphatic heterocycles. The van der Waals surface area contributed by atoms with Gasteiger partial charge in [0, 0.05) is 25.4 Å². The Hall–Kier alpha value is -2.67. The molecule has 0 saturated carbocycles. The monoisotopic (exact) mass is 342 g/mol. The Morgan fingerprint density at radius 3 is 2.76 bits per heavy atom. The molecule has 3 heterocycles. The quantitative estimate of drug-likeness (QED) is 0.788. The lowest BCUT2D eigenvalue weighted by atomic mass is 10.1. The van der Waals surface area contributed by atoms with E-state index in [-0.39, 0.29) is 11.9 Å². The topological polar surface area (TPSA) is 63.3 Å². The third-order valence-electron chi connectivity index (χ3n) is 4.39. The van der Waals surface area contributed by atoms with Crippen molar-refractivity contribution in [2.24, 2.45) is 0 Å². The van der Waals surface area contributed by atoms with Gasteiger partial charge >= 0.3 is 0 Å². The number of hydrogen-bond acceptors (Lipinski definition) is 5. The average Bonchev–Trinajstić information content (AvgIpc) is 3.03. The fraction of sp³-hybridized carbons (Fsp3) is 0.333. The van der Waals surface area contributed by atoms with Crippen LogP contribution in [0.15, 0.2) is 36.5 Å². The largest absolute Gasteiger partial charge is 0.473 e. The van der Waals surface area contributed by atoms with E-state index >= 15 is 0 Å². The second-order valence-electron chi connectivity index (χ2n) is 6.21. The number of fused-ring (bicyclic) bond motifs is 1. The lowest BCUT2D eigenvalue weighted by Crippen LogP contribution is -2.35. The minimum atomic E-state index is -0.422. The Kier molecular flexibility index (Phi) is 4.23. The van der Waals surface area contributed by atoms with E-state index in [2.05, 4.69) is 27.1 Å². The highest BCUT2D eigenvalue weighted by Gasteiger charge is 2.22. The number of pyridine rings is 1. The Balaban J connectivity index is 1.64. The second kappa shape index (κ2) is 6.68. The van der Waals surface area contributed by atoms with Gasteiger partial charge in [-0.2, -0.15) is 0 Å².